The van der Waals surface area contributed by atoms with E-state index in [2.05, 4.69) is 15.6 Å². The van der Waals surface area contributed by atoms with Gasteiger partial charge >= 0.3 is 0 Å². The fourth-order valence-corrected chi connectivity index (χ4v) is 3.98. The van der Waals surface area contributed by atoms with Crippen molar-refractivity contribution in [3.8, 4) is 6.07 Å². The molecule has 1 amide bonds. The van der Waals surface area contributed by atoms with Gasteiger partial charge in [0, 0.05) is 36.6 Å². The molecule has 0 aliphatic carbocycles. The number of nitrogens with zero attached hydrogens (tertiary/aromatic N) is 4. The van der Waals surface area contributed by atoms with E-state index in [1.807, 2.05) is 72.0 Å². The molecule has 2 aromatic carbocycles. The second-order valence-corrected chi connectivity index (χ2v) is 7.52. The van der Waals surface area contributed by atoms with Crippen molar-refractivity contribution in [3.05, 3.63) is 83.9 Å². The number of amides is 1. The van der Waals surface area contributed by atoms with E-state index in [0.29, 0.717) is 5.56 Å². The lowest BCUT2D eigenvalue weighted by Gasteiger charge is -2.16. The van der Waals surface area contributed by atoms with Crippen LogP contribution < -0.4 is 4.90 Å². The highest BCUT2D eigenvalue weighted by Gasteiger charge is 2.31. The number of aryl methyl sites for hydroxylation is 1. The van der Waals surface area contributed by atoms with Gasteiger partial charge in [0.2, 0.25) is 5.91 Å². The molecule has 1 unspecified atom stereocenters. The Balaban J connectivity index is 1.31. The van der Waals surface area contributed by atoms with Crippen LogP contribution in [0.4, 0.5) is 5.69 Å². The smallest absolute Gasteiger partial charge is 0.230 e. The molecule has 1 aliphatic rings. The molecule has 146 valence electrons. The third-order valence-electron chi connectivity index (χ3n) is 5.60. The van der Waals surface area contributed by atoms with Crippen molar-refractivity contribution in [2.45, 2.75) is 32.2 Å². The number of imidazole rings is 1. The molecule has 4 rings (SSSR count). The Labute approximate surface area is 171 Å². The van der Waals surface area contributed by atoms with Gasteiger partial charge in [-0.25, -0.2) is 4.98 Å². The first-order valence-corrected chi connectivity index (χ1v) is 10.1. The minimum atomic E-state index is 0.116. The van der Waals surface area contributed by atoms with Crippen LogP contribution in [0, 0.1) is 17.2 Å². The summed E-state index contributed by atoms with van der Waals surface area (Å²) in [4.78, 5) is 19.0. The molecular formula is C24H24N4O. The first-order chi connectivity index (χ1) is 14.2. The average Bonchev–Trinajstić information content (AvgIpc) is 3.36. The summed E-state index contributed by atoms with van der Waals surface area (Å²) in [6.45, 7) is 1.55. The molecule has 1 fully saturated rings. The fourth-order valence-electron chi connectivity index (χ4n) is 3.98. The van der Waals surface area contributed by atoms with Crippen LogP contribution >= 0.6 is 0 Å². The molecule has 3 aromatic rings. The minimum Gasteiger partial charge on any atom is -0.330 e. The van der Waals surface area contributed by atoms with Gasteiger partial charge in [-0.3, -0.25) is 4.79 Å². The normalized spacial score (nSPS) is 16.2. The number of hydrogen-bond acceptors (Lipinski definition) is 3. The van der Waals surface area contributed by atoms with E-state index in [-0.39, 0.29) is 11.8 Å². The summed E-state index contributed by atoms with van der Waals surface area (Å²) < 4.78 is 2.15. The third-order valence-corrected chi connectivity index (χ3v) is 5.60. The zero-order valence-corrected chi connectivity index (χ0v) is 16.4. The number of para-hydroxylation sites is 1. The highest BCUT2D eigenvalue weighted by molar-refractivity contribution is 5.97. The third kappa shape index (κ3) is 4.38. The summed E-state index contributed by atoms with van der Waals surface area (Å²) >= 11 is 0. The standard InChI is InChI=1S/C24H24N4O/c25-15-19-9-11-20(12-10-19)17-27-18-26-16-23(27)8-4-5-21-13-14-28(24(21)29)22-6-2-1-3-7-22/h1-3,6-7,9-12,16,18,21H,4-5,8,13-14,17H2. The molecule has 2 heterocycles. The second kappa shape index (κ2) is 8.74. The van der Waals surface area contributed by atoms with Crippen LogP contribution in [0.25, 0.3) is 0 Å². The largest absolute Gasteiger partial charge is 0.330 e. The maximum absolute atomic E-state index is 12.7. The van der Waals surface area contributed by atoms with Crippen LogP contribution in [0.15, 0.2) is 67.1 Å². The molecule has 5 heteroatoms. The maximum Gasteiger partial charge on any atom is 0.230 e. The molecule has 0 spiro atoms. The summed E-state index contributed by atoms with van der Waals surface area (Å²) in [5.41, 5.74) is 4.00. The van der Waals surface area contributed by atoms with Crippen molar-refractivity contribution >= 4 is 11.6 Å². The molecule has 1 aliphatic heterocycles. The molecule has 0 radical (unpaired) electrons. The predicted molar refractivity (Wildman–Crippen MR) is 112 cm³/mol. The lowest BCUT2D eigenvalue weighted by atomic mass is 10.00. The average molecular weight is 384 g/mol. The van der Waals surface area contributed by atoms with E-state index >= 15 is 0 Å². The van der Waals surface area contributed by atoms with E-state index in [1.54, 1.807) is 0 Å². The number of hydrogen-bond donors (Lipinski definition) is 0. The summed E-state index contributed by atoms with van der Waals surface area (Å²) in [5.74, 6) is 0.368. The summed E-state index contributed by atoms with van der Waals surface area (Å²) in [6, 6.07) is 19.7. The van der Waals surface area contributed by atoms with Crippen LogP contribution in [0.2, 0.25) is 0 Å². The number of aromatic nitrogens is 2. The predicted octanol–water partition coefficient (Wildman–Crippen LogP) is 4.18. The van der Waals surface area contributed by atoms with Crippen LogP contribution in [0.3, 0.4) is 0 Å². The van der Waals surface area contributed by atoms with Crippen LogP contribution in [0.5, 0.6) is 0 Å². The van der Waals surface area contributed by atoms with Gasteiger partial charge in [-0.15, -0.1) is 0 Å². The molecule has 0 N–H and O–H groups in total. The van der Waals surface area contributed by atoms with Crippen molar-refractivity contribution in [1.29, 1.82) is 5.26 Å². The molecule has 29 heavy (non-hydrogen) atoms. The Morgan fingerprint density at radius 2 is 1.90 bits per heavy atom. The van der Waals surface area contributed by atoms with Crippen molar-refractivity contribution in [1.82, 2.24) is 9.55 Å². The van der Waals surface area contributed by atoms with E-state index in [0.717, 1.165) is 50.0 Å². The number of anilines is 1. The number of carbonyl (C=O) groups is 1. The molecule has 0 bridgehead atoms. The van der Waals surface area contributed by atoms with Crippen LogP contribution in [-0.4, -0.2) is 22.0 Å². The van der Waals surface area contributed by atoms with Crippen LogP contribution in [0.1, 0.15) is 36.1 Å². The Morgan fingerprint density at radius 3 is 2.66 bits per heavy atom. The van der Waals surface area contributed by atoms with Crippen molar-refractivity contribution < 1.29 is 4.79 Å². The van der Waals surface area contributed by atoms with Crippen molar-refractivity contribution in [3.63, 3.8) is 0 Å². The summed E-state index contributed by atoms with van der Waals surface area (Å²) in [5, 5.41) is 8.92. The number of nitriles is 1. The zero-order valence-electron chi connectivity index (χ0n) is 16.4. The zero-order chi connectivity index (χ0) is 20.1. The van der Waals surface area contributed by atoms with E-state index in [1.165, 1.54) is 5.69 Å². The lowest BCUT2D eigenvalue weighted by Crippen LogP contribution is -2.26. The molecule has 0 saturated carbocycles. The van der Waals surface area contributed by atoms with Gasteiger partial charge in [-0.2, -0.15) is 5.26 Å². The van der Waals surface area contributed by atoms with Gasteiger partial charge in [0.1, 0.15) is 0 Å². The minimum absolute atomic E-state index is 0.116. The summed E-state index contributed by atoms with van der Waals surface area (Å²) in [6.07, 6.45) is 7.48. The van der Waals surface area contributed by atoms with Gasteiger partial charge < -0.3 is 9.47 Å². The van der Waals surface area contributed by atoms with Gasteiger partial charge in [-0.1, -0.05) is 30.3 Å². The Bertz CT molecular complexity index is 1000. The Hall–Kier alpha value is -3.39. The van der Waals surface area contributed by atoms with Gasteiger partial charge in [-0.05, 0) is 55.5 Å². The Morgan fingerprint density at radius 1 is 1.10 bits per heavy atom. The topological polar surface area (TPSA) is 61.9 Å². The SMILES string of the molecule is N#Cc1ccc(Cn2cncc2CCCC2CCN(c3ccccc3)C2=O)cc1. The summed E-state index contributed by atoms with van der Waals surface area (Å²) in [7, 11) is 0. The van der Waals surface area contributed by atoms with Gasteiger partial charge in [0.25, 0.3) is 0 Å². The number of benzene rings is 2. The first-order valence-electron chi connectivity index (χ1n) is 10.1. The number of carbonyl (C=O) groups excluding carboxylic acids is 1. The maximum atomic E-state index is 12.7. The highest BCUT2D eigenvalue weighted by atomic mass is 16.2. The molecule has 5 nitrogen and oxygen atoms in total. The molecule has 1 saturated heterocycles. The fraction of sp³-hybridized carbons (Fsp3) is 0.292. The monoisotopic (exact) mass is 384 g/mol. The lowest BCUT2D eigenvalue weighted by molar-refractivity contribution is -0.120. The van der Waals surface area contributed by atoms with Gasteiger partial charge in [0.15, 0.2) is 0 Å². The van der Waals surface area contributed by atoms with E-state index in [4.69, 9.17) is 5.26 Å². The second-order valence-electron chi connectivity index (χ2n) is 7.52. The van der Waals surface area contributed by atoms with Crippen LogP contribution in [-0.2, 0) is 17.8 Å². The quantitative estimate of drug-likeness (QED) is 0.614. The van der Waals surface area contributed by atoms with E-state index < -0.39 is 0 Å². The highest BCUT2D eigenvalue weighted by Crippen LogP contribution is 2.28. The molecular weight excluding hydrogens is 360 g/mol. The molecule has 1 aromatic heterocycles. The Kier molecular flexibility index (Phi) is 5.71. The van der Waals surface area contributed by atoms with E-state index in [9.17, 15) is 4.79 Å². The van der Waals surface area contributed by atoms with Gasteiger partial charge in [0.05, 0.1) is 18.0 Å². The molecule has 1 atom stereocenters. The van der Waals surface area contributed by atoms with Crippen molar-refractivity contribution in [2.75, 3.05) is 11.4 Å². The first kappa shape index (κ1) is 18.9. The van der Waals surface area contributed by atoms with Crippen molar-refractivity contribution in [2.24, 2.45) is 5.92 Å². The number of rotatable bonds is 7.